The molecule has 1 saturated heterocycles. The van der Waals surface area contributed by atoms with Crippen LogP contribution in [0.15, 0.2) is 42.5 Å². The third-order valence-electron chi connectivity index (χ3n) is 4.79. The molecule has 2 aromatic rings. The Morgan fingerprint density at radius 1 is 1.11 bits per heavy atom. The van der Waals surface area contributed by atoms with Crippen molar-refractivity contribution >= 4 is 23.2 Å². The highest BCUT2D eigenvalue weighted by Crippen LogP contribution is 2.28. The molecule has 27 heavy (non-hydrogen) atoms. The molecule has 0 saturated carbocycles. The first-order valence-corrected chi connectivity index (χ1v) is 9.28. The molecule has 1 atom stereocenters. The van der Waals surface area contributed by atoms with Crippen LogP contribution in [0.3, 0.4) is 0 Å². The summed E-state index contributed by atoms with van der Waals surface area (Å²) in [5.41, 5.74) is 3.88. The van der Waals surface area contributed by atoms with E-state index in [4.69, 9.17) is 4.74 Å². The van der Waals surface area contributed by atoms with Gasteiger partial charge in [0, 0.05) is 24.3 Å². The van der Waals surface area contributed by atoms with E-state index in [1.807, 2.05) is 70.2 Å². The van der Waals surface area contributed by atoms with Crippen LogP contribution in [0.5, 0.6) is 5.75 Å². The molecule has 0 bridgehead atoms. The van der Waals surface area contributed by atoms with Crippen LogP contribution in [0.25, 0.3) is 0 Å². The molecule has 0 aliphatic carbocycles. The van der Waals surface area contributed by atoms with Gasteiger partial charge in [-0.15, -0.1) is 0 Å². The molecule has 1 aliphatic heterocycles. The maximum absolute atomic E-state index is 12.6. The fourth-order valence-corrected chi connectivity index (χ4v) is 3.16. The molecule has 0 spiro atoms. The summed E-state index contributed by atoms with van der Waals surface area (Å²) in [5.74, 6) is 0.261. The fourth-order valence-electron chi connectivity index (χ4n) is 3.16. The summed E-state index contributed by atoms with van der Waals surface area (Å²) in [6, 6.07) is 13.2. The number of amides is 2. The molecule has 5 nitrogen and oxygen atoms in total. The Labute approximate surface area is 160 Å². The normalized spacial score (nSPS) is 16.7. The van der Waals surface area contributed by atoms with Crippen molar-refractivity contribution < 1.29 is 14.3 Å². The fraction of sp³-hybridized carbons (Fsp3) is 0.364. The van der Waals surface area contributed by atoms with Gasteiger partial charge in [-0.05, 0) is 75.2 Å². The average Bonchev–Trinajstić information content (AvgIpc) is 3.00. The van der Waals surface area contributed by atoms with E-state index in [-0.39, 0.29) is 30.3 Å². The van der Waals surface area contributed by atoms with Crippen LogP contribution < -0.4 is 15.0 Å². The Bertz CT molecular complexity index is 843. The predicted octanol–water partition coefficient (Wildman–Crippen LogP) is 4.08. The van der Waals surface area contributed by atoms with Crippen LogP contribution in [0.4, 0.5) is 11.4 Å². The summed E-state index contributed by atoms with van der Waals surface area (Å²) in [6.45, 7) is 8.40. The van der Waals surface area contributed by atoms with Gasteiger partial charge in [-0.1, -0.05) is 6.07 Å². The molecule has 0 aromatic heterocycles. The van der Waals surface area contributed by atoms with Crippen LogP contribution in [-0.4, -0.2) is 24.5 Å². The van der Waals surface area contributed by atoms with Crippen LogP contribution in [0.2, 0.25) is 0 Å². The van der Waals surface area contributed by atoms with Gasteiger partial charge >= 0.3 is 0 Å². The Kier molecular flexibility index (Phi) is 5.49. The number of carbonyl (C=O) groups excluding carboxylic acids is 2. The SMILES string of the molecule is Cc1ccc(N2C[C@@H](C(=O)Nc3ccc(OC(C)C)cc3)CC2=O)cc1C. The van der Waals surface area contributed by atoms with E-state index in [0.29, 0.717) is 12.2 Å². The molecule has 1 aliphatic rings. The number of nitrogens with zero attached hydrogens (tertiary/aromatic N) is 1. The molecule has 142 valence electrons. The van der Waals surface area contributed by atoms with E-state index in [1.54, 1.807) is 4.90 Å². The van der Waals surface area contributed by atoms with Gasteiger partial charge in [0.2, 0.25) is 11.8 Å². The van der Waals surface area contributed by atoms with Gasteiger partial charge in [-0.3, -0.25) is 9.59 Å². The summed E-state index contributed by atoms with van der Waals surface area (Å²) >= 11 is 0. The highest BCUT2D eigenvalue weighted by atomic mass is 16.5. The molecule has 2 aromatic carbocycles. The van der Waals surface area contributed by atoms with Gasteiger partial charge in [0.1, 0.15) is 5.75 Å². The first kappa shape index (κ1) is 19.0. The summed E-state index contributed by atoms with van der Waals surface area (Å²) in [7, 11) is 0. The zero-order valence-corrected chi connectivity index (χ0v) is 16.3. The second kappa shape index (κ2) is 7.82. The quantitative estimate of drug-likeness (QED) is 0.867. The van der Waals surface area contributed by atoms with Gasteiger partial charge < -0.3 is 15.0 Å². The van der Waals surface area contributed by atoms with Crippen molar-refractivity contribution in [1.82, 2.24) is 0 Å². The van der Waals surface area contributed by atoms with E-state index in [1.165, 1.54) is 5.56 Å². The van der Waals surface area contributed by atoms with E-state index < -0.39 is 0 Å². The second-order valence-corrected chi connectivity index (χ2v) is 7.35. The van der Waals surface area contributed by atoms with Gasteiger partial charge in [-0.25, -0.2) is 0 Å². The lowest BCUT2D eigenvalue weighted by atomic mass is 10.1. The molecular weight excluding hydrogens is 340 g/mol. The van der Waals surface area contributed by atoms with Gasteiger partial charge in [0.25, 0.3) is 0 Å². The van der Waals surface area contributed by atoms with Gasteiger partial charge in [0.15, 0.2) is 0 Å². The van der Waals surface area contributed by atoms with E-state index in [2.05, 4.69) is 5.32 Å². The van der Waals surface area contributed by atoms with Crippen molar-refractivity contribution in [2.75, 3.05) is 16.8 Å². The lowest BCUT2D eigenvalue weighted by Gasteiger charge is -2.18. The molecular formula is C22H26N2O3. The lowest BCUT2D eigenvalue weighted by Crippen LogP contribution is -2.28. The maximum Gasteiger partial charge on any atom is 0.229 e. The monoisotopic (exact) mass is 366 g/mol. The molecule has 1 fully saturated rings. The topological polar surface area (TPSA) is 58.6 Å². The van der Waals surface area contributed by atoms with Crippen LogP contribution in [-0.2, 0) is 9.59 Å². The zero-order chi connectivity index (χ0) is 19.6. The van der Waals surface area contributed by atoms with Gasteiger partial charge in [-0.2, -0.15) is 0 Å². The predicted molar refractivity (Wildman–Crippen MR) is 107 cm³/mol. The smallest absolute Gasteiger partial charge is 0.229 e. The standard InChI is InChI=1S/C22H26N2O3/c1-14(2)27-20-9-6-18(7-10-20)23-22(26)17-12-21(25)24(13-17)19-8-5-15(3)16(4)11-19/h5-11,14,17H,12-13H2,1-4H3,(H,23,26)/t17-/m0/s1. The molecule has 1 N–H and O–H groups in total. The summed E-state index contributed by atoms with van der Waals surface area (Å²) < 4.78 is 5.61. The van der Waals surface area contributed by atoms with Crippen molar-refractivity contribution in [2.24, 2.45) is 5.92 Å². The van der Waals surface area contributed by atoms with E-state index in [9.17, 15) is 9.59 Å². The number of hydrogen-bond donors (Lipinski definition) is 1. The molecule has 5 heteroatoms. The summed E-state index contributed by atoms with van der Waals surface area (Å²) in [6.07, 6.45) is 0.333. The van der Waals surface area contributed by atoms with Crippen molar-refractivity contribution in [3.05, 3.63) is 53.6 Å². The van der Waals surface area contributed by atoms with Crippen LogP contribution in [0, 0.1) is 19.8 Å². The Balaban J connectivity index is 1.64. The second-order valence-electron chi connectivity index (χ2n) is 7.35. The number of ether oxygens (including phenoxy) is 1. The number of aryl methyl sites for hydroxylation is 2. The maximum atomic E-state index is 12.6. The van der Waals surface area contributed by atoms with Crippen LogP contribution >= 0.6 is 0 Å². The number of carbonyl (C=O) groups is 2. The van der Waals surface area contributed by atoms with Gasteiger partial charge in [0.05, 0.1) is 12.0 Å². The van der Waals surface area contributed by atoms with E-state index >= 15 is 0 Å². The minimum absolute atomic E-state index is 0.0147. The summed E-state index contributed by atoms with van der Waals surface area (Å²) in [5, 5.41) is 2.90. The summed E-state index contributed by atoms with van der Waals surface area (Å²) in [4.78, 5) is 26.7. The molecule has 0 unspecified atom stereocenters. The third-order valence-corrected chi connectivity index (χ3v) is 4.79. The third kappa shape index (κ3) is 4.48. The first-order chi connectivity index (χ1) is 12.8. The number of rotatable bonds is 5. The minimum atomic E-state index is -0.356. The number of hydrogen-bond acceptors (Lipinski definition) is 3. The Morgan fingerprint density at radius 3 is 2.44 bits per heavy atom. The largest absolute Gasteiger partial charge is 0.491 e. The number of benzene rings is 2. The highest BCUT2D eigenvalue weighted by Gasteiger charge is 2.35. The lowest BCUT2D eigenvalue weighted by molar-refractivity contribution is -0.122. The minimum Gasteiger partial charge on any atom is -0.491 e. The Hall–Kier alpha value is -2.82. The average molecular weight is 366 g/mol. The van der Waals surface area contributed by atoms with Crippen molar-refractivity contribution in [2.45, 2.75) is 40.2 Å². The van der Waals surface area contributed by atoms with E-state index in [0.717, 1.165) is 17.0 Å². The molecule has 0 radical (unpaired) electrons. The molecule has 1 heterocycles. The highest BCUT2D eigenvalue weighted by molar-refractivity contribution is 6.03. The van der Waals surface area contributed by atoms with Crippen molar-refractivity contribution in [1.29, 1.82) is 0 Å². The number of anilines is 2. The number of nitrogens with one attached hydrogen (secondary N) is 1. The van der Waals surface area contributed by atoms with Crippen LogP contribution in [0.1, 0.15) is 31.4 Å². The zero-order valence-electron chi connectivity index (χ0n) is 16.3. The van der Waals surface area contributed by atoms with Crippen molar-refractivity contribution in [3.8, 4) is 5.75 Å². The Morgan fingerprint density at radius 2 is 1.81 bits per heavy atom. The molecule has 2 amide bonds. The molecule has 3 rings (SSSR count). The first-order valence-electron chi connectivity index (χ1n) is 9.28. The van der Waals surface area contributed by atoms with Crippen molar-refractivity contribution in [3.63, 3.8) is 0 Å².